The predicted octanol–water partition coefficient (Wildman–Crippen LogP) is 6.25. The Morgan fingerprint density at radius 3 is 1.85 bits per heavy atom. The Balaban J connectivity index is 0.000000617. The van der Waals surface area contributed by atoms with Gasteiger partial charge in [-0.3, -0.25) is 9.69 Å². The lowest BCUT2D eigenvalue weighted by Gasteiger charge is -2.52. The third kappa shape index (κ3) is 7.76. The van der Waals surface area contributed by atoms with E-state index >= 15 is 0 Å². The molecule has 2 aliphatic heterocycles. The molecule has 13 heteroatoms. The normalized spacial score (nSPS) is 15.9. The van der Waals surface area contributed by atoms with Crippen LogP contribution in [0.2, 0.25) is 0 Å². The number of aliphatic carboxylic acids is 1. The van der Waals surface area contributed by atoms with Gasteiger partial charge in [-0.1, -0.05) is 12.1 Å². The quantitative estimate of drug-likeness (QED) is 0.207. The molecule has 0 atom stereocenters. The number of carbonyl (C=O) groups is 3. The van der Waals surface area contributed by atoms with Gasteiger partial charge in [0.2, 0.25) is 5.91 Å². The van der Waals surface area contributed by atoms with E-state index in [1.54, 1.807) is 29.2 Å². The highest BCUT2D eigenvalue weighted by Gasteiger charge is 2.53. The number of hydrogen-bond acceptors (Lipinski definition) is 6. The number of ether oxygens (including phenoxy) is 2. The lowest BCUT2D eigenvalue weighted by Crippen LogP contribution is -2.64. The molecule has 2 fully saturated rings. The number of nitrogens with zero attached hydrogens (tertiary/aromatic N) is 2. The van der Waals surface area contributed by atoms with Gasteiger partial charge in [0.25, 0.3) is 0 Å². The summed E-state index contributed by atoms with van der Waals surface area (Å²) in [5.74, 6) is -2.50. The molecule has 3 aromatic carbocycles. The summed E-state index contributed by atoms with van der Waals surface area (Å²) >= 11 is 0. The molecular formula is C33H34F4N2O7. The Bertz CT molecular complexity index is 1520. The molecule has 0 radical (unpaired) electrons. The number of β-lactam (4-membered cyclic amide) rings is 1. The van der Waals surface area contributed by atoms with Crippen LogP contribution in [0.1, 0.15) is 42.6 Å². The van der Waals surface area contributed by atoms with E-state index in [-0.39, 0.29) is 22.7 Å². The molecule has 0 bridgehead atoms. The summed E-state index contributed by atoms with van der Waals surface area (Å²) in [4.78, 5) is 37.3. The first kappa shape index (κ1) is 34.2. The summed E-state index contributed by atoms with van der Waals surface area (Å²) in [5.41, 5.74) is 3.31. The van der Waals surface area contributed by atoms with Gasteiger partial charge < -0.3 is 24.6 Å². The van der Waals surface area contributed by atoms with Crippen molar-refractivity contribution < 1.29 is 51.6 Å². The molecule has 0 aliphatic carbocycles. The number of amides is 1. The molecule has 2 N–H and O–H groups in total. The average molecular weight is 647 g/mol. The van der Waals surface area contributed by atoms with Crippen LogP contribution in [0, 0.1) is 11.2 Å². The van der Waals surface area contributed by atoms with Crippen LogP contribution in [-0.4, -0.2) is 72.0 Å². The largest absolute Gasteiger partial charge is 0.493 e. The minimum atomic E-state index is -5.08. The zero-order valence-electron chi connectivity index (χ0n) is 25.3. The first-order chi connectivity index (χ1) is 21.8. The first-order valence-electron chi connectivity index (χ1n) is 14.6. The number of halogens is 4. The zero-order chi connectivity index (χ0) is 33.6. The third-order valence-electron chi connectivity index (χ3n) is 7.91. The smallest absolute Gasteiger partial charge is 0.490 e. The summed E-state index contributed by atoms with van der Waals surface area (Å²) < 4.78 is 57.3. The van der Waals surface area contributed by atoms with Crippen LogP contribution in [0.3, 0.4) is 0 Å². The van der Waals surface area contributed by atoms with Crippen molar-refractivity contribution in [2.45, 2.75) is 39.4 Å². The molecule has 1 amide bonds. The molecule has 2 heterocycles. The van der Waals surface area contributed by atoms with Gasteiger partial charge in [0.05, 0.1) is 29.8 Å². The Labute approximate surface area is 262 Å². The van der Waals surface area contributed by atoms with Crippen LogP contribution in [0.25, 0.3) is 11.1 Å². The molecule has 0 saturated carbocycles. The second kappa shape index (κ2) is 14.2. The Kier molecular flexibility index (Phi) is 10.6. The molecule has 3 aromatic rings. The van der Waals surface area contributed by atoms with E-state index < -0.39 is 18.1 Å². The number of benzene rings is 3. The average Bonchev–Trinajstić information content (AvgIpc) is 3.01. The highest BCUT2D eigenvalue weighted by molar-refractivity contribution is 6.04. The molecule has 2 saturated heterocycles. The van der Waals surface area contributed by atoms with Gasteiger partial charge in [0, 0.05) is 18.8 Å². The molecule has 1 spiro atoms. The Morgan fingerprint density at radius 1 is 0.891 bits per heavy atom. The van der Waals surface area contributed by atoms with E-state index in [1.807, 2.05) is 26.0 Å². The van der Waals surface area contributed by atoms with Crippen LogP contribution in [0.5, 0.6) is 11.5 Å². The maximum absolute atomic E-state index is 13.6. The van der Waals surface area contributed by atoms with Crippen LogP contribution in [0.15, 0.2) is 60.7 Å². The maximum Gasteiger partial charge on any atom is 0.490 e. The second-order valence-electron chi connectivity index (χ2n) is 10.9. The van der Waals surface area contributed by atoms with E-state index in [0.717, 1.165) is 48.3 Å². The van der Waals surface area contributed by atoms with E-state index in [1.165, 1.54) is 24.3 Å². The van der Waals surface area contributed by atoms with Gasteiger partial charge in [-0.05, 0) is 99.4 Å². The number of hydrogen-bond donors (Lipinski definition) is 2. The number of aromatic carboxylic acids is 1. The van der Waals surface area contributed by atoms with Crippen molar-refractivity contribution in [1.29, 1.82) is 0 Å². The maximum atomic E-state index is 13.6. The van der Waals surface area contributed by atoms with Crippen molar-refractivity contribution in [2.75, 3.05) is 37.7 Å². The minimum Gasteiger partial charge on any atom is -0.493 e. The molecular weight excluding hydrogens is 612 g/mol. The summed E-state index contributed by atoms with van der Waals surface area (Å²) in [7, 11) is 0. The highest BCUT2D eigenvalue weighted by Crippen LogP contribution is 2.45. The van der Waals surface area contributed by atoms with Crippen molar-refractivity contribution >= 4 is 23.5 Å². The number of likely N-dealkylation sites (tertiary alicyclic amines) is 1. The molecule has 9 nitrogen and oxygen atoms in total. The fraction of sp³-hybridized carbons (Fsp3) is 0.364. The Hall–Kier alpha value is -4.65. The fourth-order valence-electron chi connectivity index (χ4n) is 5.57. The van der Waals surface area contributed by atoms with Crippen LogP contribution >= 0.6 is 0 Å². The minimum absolute atomic E-state index is 0.117. The fourth-order valence-corrected chi connectivity index (χ4v) is 5.57. The standard InChI is InChI=1S/C31H33FN2O5.C2HF3O2/c1-3-38-26-17-21(18-27(39-4-2)28(26)22-5-9-24(32)10-6-22)19-33-15-13-31(14-16-33)20-34(30(31)37)25-11-7-23(8-12-25)29(35)36;3-2(4,5)1(6)7/h5-12,17-18H,3-4,13-16,19-20H2,1-2H3,(H,35,36);(H,6,7). The van der Waals surface area contributed by atoms with E-state index in [2.05, 4.69) is 4.90 Å². The summed E-state index contributed by atoms with van der Waals surface area (Å²) in [6.45, 7) is 7.81. The molecule has 246 valence electrons. The lowest BCUT2D eigenvalue weighted by molar-refractivity contribution is -0.192. The number of carbonyl (C=O) groups excluding carboxylic acids is 1. The lowest BCUT2D eigenvalue weighted by atomic mass is 9.70. The number of rotatable bonds is 9. The highest BCUT2D eigenvalue weighted by atomic mass is 19.4. The van der Waals surface area contributed by atoms with Crippen LogP contribution in [0.4, 0.5) is 23.2 Å². The van der Waals surface area contributed by atoms with Crippen molar-refractivity contribution in [1.82, 2.24) is 4.90 Å². The van der Waals surface area contributed by atoms with Gasteiger partial charge in [-0.25, -0.2) is 14.0 Å². The molecule has 5 rings (SSSR count). The number of anilines is 1. The number of carboxylic acid groups (broad SMARTS) is 2. The van der Waals surface area contributed by atoms with Crippen LogP contribution < -0.4 is 14.4 Å². The van der Waals surface area contributed by atoms with E-state index in [0.29, 0.717) is 37.8 Å². The first-order valence-corrected chi connectivity index (χ1v) is 14.6. The molecule has 0 unspecified atom stereocenters. The van der Waals surface area contributed by atoms with Gasteiger partial charge in [0.15, 0.2) is 0 Å². The SMILES string of the molecule is CCOc1cc(CN2CCC3(CC2)CN(c2ccc(C(=O)O)cc2)C3=O)cc(OCC)c1-c1ccc(F)cc1.O=C(O)C(F)(F)F. The van der Waals surface area contributed by atoms with Crippen molar-refractivity contribution in [3.63, 3.8) is 0 Å². The third-order valence-corrected chi connectivity index (χ3v) is 7.91. The number of piperidine rings is 1. The topological polar surface area (TPSA) is 117 Å². The van der Waals surface area contributed by atoms with Crippen molar-refractivity contribution in [3.05, 3.63) is 77.6 Å². The zero-order valence-corrected chi connectivity index (χ0v) is 25.3. The van der Waals surface area contributed by atoms with Gasteiger partial charge >= 0.3 is 18.1 Å². The van der Waals surface area contributed by atoms with Gasteiger partial charge in [-0.15, -0.1) is 0 Å². The molecule has 46 heavy (non-hydrogen) atoms. The predicted molar refractivity (Wildman–Crippen MR) is 161 cm³/mol. The number of carboxylic acids is 2. The van der Waals surface area contributed by atoms with E-state index in [9.17, 15) is 27.2 Å². The monoisotopic (exact) mass is 646 g/mol. The van der Waals surface area contributed by atoms with Gasteiger partial charge in [-0.2, -0.15) is 13.2 Å². The summed E-state index contributed by atoms with van der Waals surface area (Å²) in [5, 5.41) is 16.2. The molecule has 2 aliphatic rings. The van der Waals surface area contributed by atoms with Crippen molar-refractivity contribution in [3.8, 4) is 22.6 Å². The summed E-state index contributed by atoms with van der Waals surface area (Å²) in [6, 6.07) is 16.9. The van der Waals surface area contributed by atoms with E-state index in [4.69, 9.17) is 24.5 Å². The van der Waals surface area contributed by atoms with Crippen LogP contribution in [-0.2, 0) is 16.1 Å². The van der Waals surface area contributed by atoms with Crippen molar-refractivity contribution in [2.24, 2.45) is 5.41 Å². The molecule has 0 aromatic heterocycles. The Morgan fingerprint density at radius 2 is 1.41 bits per heavy atom. The second-order valence-corrected chi connectivity index (χ2v) is 10.9. The van der Waals surface area contributed by atoms with Gasteiger partial charge in [0.1, 0.15) is 17.3 Å². The number of alkyl halides is 3. The summed E-state index contributed by atoms with van der Waals surface area (Å²) in [6.07, 6.45) is -3.53.